The van der Waals surface area contributed by atoms with Crippen molar-refractivity contribution in [3.05, 3.63) is 59.4 Å². The molecule has 2 aromatic rings. The SMILES string of the molecule is COc1ccc(C2CCCN2C(=O)NCC(C)(C)c2ccc(F)cc2)c(OC)c1. The summed E-state index contributed by atoms with van der Waals surface area (Å²) in [6, 6.07) is 12.0. The van der Waals surface area contributed by atoms with E-state index in [2.05, 4.69) is 5.32 Å². The summed E-state index contributed by atoms with van der Waals surface area (Å²) in [6.07, 6.45) is 1.83. The summed E-state index contributed by atoms with van der Waals surface area (Å²) >= 11 is 0. The fourth-order valence-electron chi connectivity index (χ4n) is 3.83. The van der Waals surface area contributed by atoms with E-state index in [4.69, 9.17) is 9.47 Å². The first kappa shape index (κ1) is 21.0. The van der Waals surface area contributed by atoms with Gasteiger partial charge in [0.05, 0.1) is 20.3 Å². The number of nitrogens with zero attached hydrogens (tertiary/aromatic N) is 1. The van der Waals surface area contributed by atoms with Gasteiger partial charge in [0.25, 0.3) is 0 Å². The number of hydrogen-bond donors (Lipinski definition) is 1. The molecule has 1 unspecified atom stereocenters. The van der Waals surface area contributed by atoms with Crippen LogP contribution in [-0.4, -0.2) is 38.2 Å². The highest BCUT2D eigenvalue weighted by atomic mass is 19.1. The minimum Gasteiger partial charge on any atom is -0.497 e. The second-order valence-corrected chi connectivity index (χ2v) is 8.01. The number of methoxy groups -OCH3 is 2. The second-order valence-electron chi connectivity index (χ2n) is 8.01. The van der Waals surface area contributed by atoms with Crippen LogP contribution in [0.1, 0.15) is 43.9 Å². The van der Waals surface area contributed by atoms with E-state index in [0.29, 0.717) is 13.1 Å². The number of carbonyl (C=O) groups is 1. The van der Waals surface area contributed by atoms with Gasteiger partial charge in [0, 0.05) is 30.1 Å². The van der Waals surface area contributed by atoms with E-state index in [1.165, 1.54) is 12.1 Å². The largest absolute Gasteiger partial charge is 0.497 e. The van der Waals surface area contributed by atoms with Crippen molar-refractivity contribution in [2.75, 3.05) is 27.3 Å². The molecule has 0 radical (unpaired) electrons. The Hall–Kier alpha value is -2.76. The Morgan fingerprint density at radius 3 is 2.55 bits per heavy atom. The Morgan fingerprint density at radius 1 is 1.17 bits per heavy atom. The Bertz CT molecular complexity index is 852. The standard InChI is InChI=1S/C23H29FN2O3/c1-23(2,16-7-9-17(24)10-8-16)15-25-22(27)26-13-5-6-20(26)19-12-11-18(28-3)14-21(19)29-4/h7-12,14,20H,5-6,13,15H2,1-4H3,(H,25,27). The van der Waals surface area contributed by atoms with Crippen molar-refractivity contribution in [3.63, 3.8) is 0 Å². The third-order valence-corrected chi connectivity index (χ3v) is 5.62. The molecule has 1 aliphatic rings. The molecule has 1 aliphatic heterocycles. The molecule has 0 aliphatic carbocycles. The average molecular weight is 400 g/mol. The molecule has 1 saturated heterocycles. The molecule has 2 amide bonds. The van der Waals surface area contributed by atoms with Crippen LogP contribution in [-0.2, 0) is 5.41 Å². The van der Waals surface area contributed by atoms with E-state index >= 15 is 0 Å². The lowest BCUT2D eigenvalue weighted by atomic mass is 9.84. The average Bonchev–Trinajstić information content (AvgIpc) is 3.21. The Morgan fingerprint density at radius 2 is 1.90 bits per heavy atom. The molecule has 1 fully saturated rings. The quantitative estimate of drug-likeness (QED) is 0.767. The number of likely N-dealkylation sites (tertiary alicyclic amines) is 1. The summed E-state index contributed by atoms with van der Waals surface area (Å²) < 4.78 is 24.0. The number of carbonyl (C=O) groups excluding carboxylic acids is 1. The van der Waals surface area contributed by atoms with Crippen molar-refractivity contribution in [2.45, 2.75) is 38.1 Å². The molecule has 5 nitrogen and oxygen atoms in total. The minimum atomic E-state index is -0.309. The number of amides is 2. The maximum atomic E-state index is 13.2. The Kier molecular flexibility index (Phi) is 6.30. The van der Waals surface area contributed by atoms with Crippen LogP contribution in [0.25, 0.3) is 0 Å². The molecule has 3 rings (SSSR count). The van der Waals surface area contributed by atoms with Crippen LogP contribution in [0.15, 0.2) is 42.5 Å². The van der Waals surface area contributed by atoms with Crippen LogP contribution in [0.3, 0.4) is 0 Å². The van der Waals surface area contributed by atoms with Gasteiger partial charge in [-0.05, 0) is 42.7 Å². The maximum Gasteiger partial charge on any atom is 0.317 e. The van der Waals surface area contributed by atoms with E-state index in [1.807, 2.05) is 36.9 Å². The van der Waals surface area contributed by atoms with Gasteiger partial charge in [-0.3, -0.25) is 0 Å². The fourth-order valence-corrected chi connectivity index (χ4v) is 3.83. The molecular formula is C23H29FN2O3. The lowest BCUT2D eigenvalue weighted by Crippen LogP contribution is -2.44. The monoisotopic (exact) mass is 400 g/mol. The van der Waals surface area contributed by atoms with Crippen molar-refractivity contribution in [1.82, 2.24) is 10.2 Å². The zero-order valence-electron chi connectivity index (χ0n) is 17.5. The number of ether oxygens (including phenoxy) is 2. The van der Waals surface area contributed by atoms with Gasteiger partial charge in [-0.15, -0.1) is 0 Å². The normalized spacial score (nSPS) is 16.6. The van der Waals surface area contributed by atoms with Crippen molar-refractivity contribution in [3.8, 4) is 11.5 Å². The van der Waals surface area contributed by atoms with Gasteiger partial charge < -0.3 is 19.7 Å². The maximum absolute atomic E-state index is 13.2. The van der Waals surface area contributed by atoms with Crippen LogP contribution >= 0.6 is 0 Å². The number of benzene rings is 2. The first-order valence-electron chi connectivity index (χ1n) is 9.88. The highest BCUT2D eigenvalue weighted by Gasteiger charge is 2.33. The van der Waals surface area contributed by atoms with E-state index in [-0.39, 0.29) is 23.3 Å². The number of hydrogen-bond acceptors (Lipinski definition) is 3. The highest BCUT2D eigenvalue weighted by molar-refractivity contribution is 5.75. The molecule has 2 aromatic carbocycles. The predicted octanol–water partition coefficient (Wildman–Crippen LogP) is 4.67. The van der Waals surface area contributed by atoms with Crippen LogP contribution in [0.2, 0.25) is 0 Å². The van der Waals surface area contributed by atoms with Gasteiger partial charge in [0.15, 0.2) is 0 Å². The fraction of sp³-hybridized carbons (Fsp3) is 0.435. The molecule has 1 N–H and O–H groups in total. The summed E-state index contributed by atoms with van der Waals surface area (Å²) in [7, 11) is 3.25. The molecule has 0 spiro atoms. The molecule has 156 valence electrons. The summed E-state index contributed by atoms with van der Waals surface area (Å²) in [5.74, 6) is 1.18. The van der Waals surface area contributed by atoms with Gasteiger partial charge in [-0.1, -0.05) is 26.0 Å². The number of nitrogens with one attached hydrogen (secondary N) is 1. The molecule has 6 heteroatoms. The molecule has 1 heterocycles. The lowest BCUT2D eigenvalue weighted by molar-refractivity contribution is 0.189. The van der Waals surface area contributed by atoms with Gasteiger partial charge in [-0.2, -0.15) is 0 Å². The number of rotatable bonds is 6. The van der Waals surface area contributed by atoms with E-state index in [1.54, 1.807) is 26.4 Å². The molecular weight excluding hydrogens is 371 g/mol. The lowest BCUT2D eigenvalue weighted by Gasteiger charge is -2.30. The van der Waals surface area contributed by atoms with Crippen molar-refractivity contribution in [2.24, 2.45) is 0 Å². The minimum absolute atomic E-state index is 0.0372. The van der Waals surface area contributed by atoms with Gasteiger partial charge in [0.2, 0.25) is 0 Å². The van der Waals surface area contributed by atoms with Gasteiger partial charge >= 0.3 is 6.03 Å². The van der Waals surface area contributed by atoms with Crippen LogP contribution in [0.5, 0.6) is 11.5 Å². The zero-order chi connectivity index (χ0) is 21.0. The van der Waals surface area contributed by atoms with Gasteiger partial charge in [-0.25, -0.2) is 9.18 Å². The third-order valence-electron chi connectivity index (χ3n) is 5.62. The Balaban J connectivity index is 1.71. The molecule has 0 bridgehead atoms. The van der Waals surface area contributed by atoms with Crippen molar-refractivity contribution < 1.29 is 18.7 Å². The molecule has 29 heavy (non-hydrogen) atoms. The van der Waals surface area contributed by atoms with Crippen molar-refractivity contribution >= 4 is 6.03 Å². The second kappa shape index (κ2) is 8.72. The van der Waals surface area contributed by atoms with E-state index < -0.39 is 0 Å². The van der Waals surface area contributed by atoms with E-state index in [0.717, 1.165) is 35.5 Å². The molecule has 0 saturated carbocycles. The third kappa shape index (κ3) is 4.63. The van der Waals surface area contributed by atoms with Crippen molar-refractivity contribution in [1.29, 1.82) is 0 Å². The summed E-state index contributed by atoms with van der Waals surface area (Å²) in [5, 5.41) is 3.07. The molecule has 1 atom stereocenters. The van der Waals surface area contributed by atoms with Gasteiger partial charge in [0.1, 0.15) is 17.3 Å². The molecule has 0 aromatic heterocycles. The first-order valence-corrected chi connectivity index (χ1v) is 9.88. The topological polar surface area (TPSA) is 50.8 Å². The zero-order valence-corrected chi connectivity index (χ0v) is 17.5. The van der Waals surface area contributed by atoms with Crippen LogP contribution in [0.4, 0.5) is 9.18 Å². The van der Waals surface area contributed by atoms with Crippen LogP contribution in [0, 0.1) is 5.82 Å². The number of halogens is 1. The number of urea groups is 1. The van der Waals surface area contributed by atoms with Crippen LogP contribution < -0.4 is 14.8 Å². The smallest absolute Gasteiger partial charge is 0.317 e. The van der Waals surface area contributed by atoms with E-state index in [9.17, 15) is 9.18 Å². The summed E-state index contributed by atoms with van der Waals surface area (Å²) in [4.78, 5) is 14.8. The Labute approximate surface area is 171 Å². The highest BCUT2D eigenvalue weighted by Crippen LogP contribution is 2.38. The summed E-state index contributed by atoms with van der Waals surface area (Å²) in [6.45, 7) is 5.23. The first-order chi connectivity index (χ1) is 13.9. The predicted molar refractivity (Wildman–Crippen MR) is 111 cm³/mol. The summed E-state index contributed by atoms with van der Waals surface area (Å²) in [5.41, 5.74) is 1.66.